The Morgan fingerprint density at radius 3 is 2.94 bits per heavy atom. The minimum Gasteiger partial charge on any atom is -0.396 e. The van der Waals surface area contributed by atoms with Crippen molar-refractivity contribution in [2.75, 3.05) is 6.61 Å². The number of nitrogens with zero attached hydrogens (tertiary/aromatic N) is 3. The molecule has 0 unspecified atom stereocenters. The van der Waals surface area contributed by atoms with Crippen LogP contribution in [-0.4, -0.2) is 38.6 Å². The van der Waals surface area contributed by atoms with Crippen molar-refractivity contribution in [3.8, 4) is 0 Å². The number of aromatic nitrogens is 3. The third-order valence-electron chi connectivity index (χ3n) is 2.01. The number of nitrogens with two attached hydrogens (primary N) is 1. The number of nitrogens with one attached hydrogen (secondary N) is 1. The molecule has 3 amide bonds. The van der Waals surface area contributed by atoms with E-state index in [4.69, 9.17) is 10.8 Å². The molecular formula is C9H15N5O3. The third kappa shape index (κ3) is 5.07. The largest absolute Gasteiger partial charge is 0.396 e. The highest BCUT2D eigenvalue weighted by Gasteiger charge is 2.06. The smallest absolute Gasteiger partial charge is 0.318 e. The van der Waals surface area contributed by atoms with Crippen LogP contribution in [0.5, 0.6) is 0 Å². The van der Waals surface area contributed by atoms with Gasteiger partial charge in [0, 0.05) is 19.2 Å². The highest BCUT2D eigenvalue weighted by atomic mass is 16.3. The van der Waals surface area contributed by atoms with Gasteiger partial charge in [-0.1, -0.05) is 5.21 Å². The zero-order valence-electron chi connectivity index (χ0n) is 9.30. The van der Waals surface area contributed by atoms with Crippen molar-refractivity contribution >= 4 is 11.9 Å². The number of rotatable bonds is 6. The molecule has 0 spiro atoms. The average Bonchev–Trinajstić information content (AvgIpc) is 2.70. The van der Waals surface area contributed by atoms with Crippen LogP contribution in [0.1, 0.15) is 18.5 Å². The number of aliphatic hydroxyl groups is 1. The fraction of sp³-hybridized carbons (Fsp3) is 0.556. The van der Waals surface area contributed by atoms with Crippen LogP contribution in [0.15, 0.2) is 6.20 Å². The van der Waals surface area contributed by atoms with Gasteiger partial charge >= 0.3 is 6.03 Å². The van der Waals surface area contributed by atoms with E-state index in [1.54, 1.807) is 6.20 Å². The number of imide groups is 1. The molecule has 0 aromatic carbocycles. The van der Waals surface area contributed by atoms with Crippen molar-refractivity contribution in [2.24, 2.45) is 5.73 Å². The normalized spacial score (nSPS) is 10.2. The van der Waals surface area contributed by atoms with Gasteiger partial charge in [0.2, 0.25) is 5.91 Å². The lowest BCUT2D eigenvalue weighted by atomic mass is 10.2. The SMILES string of the molecule is NC(=O)NC(=O)CCn1cc(CCCO)nn1. The minimum atomic E-state index is -0.864. The van der Waals surface area contributed by atoms with E-state index in [1.807, 2.05) is 5.32 Å². The number of amides is 3. The second-order valence-corrected chi connectivity index (χ2v) is 3.46. The minimum absolute atomic E-state index is 0.103. The highest BCUT2D eigenvalue weighted by Crippen LogP contribution is 1.98. The van der Waals surface area contributed by atoms with Gasteiger partial charge in [-0.3, -0.25) is 14.8 Å². The van der Waals surface area contributed by atoms with Gasteiger partial charge in [-0.2, -0.15) is 0 Å². The summed E-state index contributed by atoms with van der Waals surface area (Å²) >= 11 is 0. The lowest BCUT2D eigenvalue weighted by Gasteiger charge is -2.00. The number of primary amides is 1. The summed E-state index contributed by atoms with van der Waals surface area (Å²) in [6.07, 6.45) is 3.07. The first-order valence-electron chi connectivity index (χ1n) is 5.21. The lowest BCUT2D eigenvalue weighted by Crippen LogP contribution is -2.35. The van der Waals surface area contributed by atoms with Gasteiger partial charge in [-0.05, 0) is 12.8 Å². The molecule has 0 saturated heterocycles. The zero-order valence-corrected chi connectivity index (χ0v) is 9.30. The van der Waals surface area contributed by atoms with E-state index >= 15 is 0 Å². The molecule has 4 N–H and O–H groups in total. The molecule has 0 bridgehead atoms. The number of hydrogen-bond donors (Lipinski definition) is 3. The monoisotopic (exact) mass is 241 g/mol. The number of carbonyl (C=O) groups excluding carboxylic acids is 2. The molecule has 1 aromatic rings. The average molecular weight is 241 g/mol. The molecule has 1 heterocycles. The van der Waals surface area contributed by atoms with Crippen molar-refractivity contribution < 1.29 is 14.7 Å². The van der Waals surface area contributed by atoms with Crippen molar-refractivity contribution in [3.05, 3.63) is 11.9 Å². The quantitative estimate of drug-likeness (QED) is 0.576. The van der Waals surface area contributed by atoms with Gasteiger partial charge in [-0.25, -0.2) is 4.79 Å². The third-order valence-corrected chi connectivity index (χ3v) is 2.01. The molecule has 94 valence electrons. The van der Waals surface area contributed by atoms with Gasteiger partial charge in [0.1, 0.15) is 0 Å². The summed E-state index contributed by atoms with van der Waals surface area (Å²) < 4.78 is 1.51. The molecule has 8 heteroatoms. The van der Waals surface area contributed by atoms with E-state index in [9.17, 15) is 9.59 Å². The van der Waals surface area contributed by atoms with E-state index in [1.165, 1.54) is 4.68 Å². The van der Waals surface area contributed by atoms with Gasteiger partial charge in [0.05, 0.1) is 12.2 Å². The first kappa shape index (κ1) is 13.1. The van der Waals surface area contributed by atoms with Gasteiger partial charge in [0.15, 0.2) is 0 Å². The molecule has 0 aliphatic carbocycles. The van der Waals surface area contributed by atoms with Crippen molar-refractivity contribution in [2.45, 2.75) is 25.8 Å². The molecule has 1 rings (SSSR count). The molecule has 0 aliphatic rings. The molecule has 0 fully saturated rings. The van der Waals surface area contributed by atoms with Crippen LogP contribution in [0.3, 0.4) is 0 Å². The first-order chi connectivity index (χ1) is 8.11. The summed E-state index contributed by atoms with van der Waals surface area (Å²) in [6, 6.07) is -0.864. The molecule has 1 aromatic heterocycles. The van der Waals surface area contributed by atoms with Crippen LogP contribution in [0.4, 0.5) is 4.79 Å². The summed E-state index contributed by atoms with van der Waals surface area (Å²) in [4.78, 5) is 21.5. The maximum Gasteiger partial charge on any atom is 0.318 e. The van der Waals surface area contributed by atoms with E-state index in [0.717, 1.165) is 5.69 Å². The Hall–Kier alpha value is -1.96. The van der Waals surface area contributed by atoms with E-state index in [0.29, 0.717) is 19.4 Å². The molecular weight excluding hydrogens is 226 g/mol. The van der Waals surface area contributed by atoms with Crippen molar-refractivity contribution in [1.29, 1.82) is 0 Å². The van der Waals surface area contributed by atoms with Crippen molar-refractivity contribution in [1.82, 2.24) is 20.3 Å². The highest BCUT2D eigenvalue weighted by molar-refractivity contribution is 5.93. The fourth-order valence-corrected chi connectivity index (χ4v) is 1.24. The molecule has 17 heavy (non-hydrogen) atoms. The van der Waals surface area contributed by atoms with Crippen LogP contribution in [0, 0.1) is 0 Å². The Labute approximate surface area is 97.8 Å². The fourth-order valence-electron chi connectivity index (χ4n) is 1.24. The number of hydrogen-bond acceptors (Lipinski definition) is 5. The Bertz CT molecular complexity index is 390. The first-order valence-corrected chi connectivity index (χ1v) is 5.21. The summed E-state index contributed by atoms with van der Waals surface area (Å²) in [5.41, 5.74) is 5.55. The van der Waals surface area contributed by atoms with Crippen molar-refractivity contribution in [3.63, 3.8) is 0 Å². The maximum atomic E-state index is 11.1. The second-order valence-electron chi connectivity index (χ2n) is 3.46. The molecule has 0 saturated carbocycles. The van der Waals surface area contributed by atoms with Crippen LogP contribution in [0.2, 0.25) is 0 Å². The molecule has 8 nitrogen and oxygen atoms in total. The van der Waals surface area contributed by atoms with E-state index < -0.39 is 11.9 Å². The number of urea groups is 1. The van der Waals surface area contributed by atoms with Gasteiger partial charge in [0.25, 0.3) is 0 Å². The van der Waals surface area contributed by atoms with Gasteiger partial charge in [-0.15, -0.1) is 5.10 Å². The Balaban J connectivity index is 2.34. The second kappa shape index (κ2) is 6.59. The van der Waals surface area contributed by atoms with E-state index in [2.05, 4.69) is 10.3 Å². The Morgan fingerprint density at radius 1 is 1.53 bits per heavy atom. The van der Waals surface area contributed by atoms with Gasteiger partial charge < -0.3 is 10.8 Å². The molecule has 0 aliphatic heterocycles. The Kier molecular flexibility index (Phi) is 5.08. The number of aryl methyl sites for hydroxylation is 2. The molecule has 0 atom stereocenters. The topological polar surface area (TPSA) is 123 Å². The predicted octanol–water partition coefficient (Wildman–Crippen LogP) is -1.21. The standard InChI is InChI=1S/C9H15N5O3/c10-9(17)11-8(16)3-4-14-6-7(12-13-14)2-1-5-15/h6,15H,1-5H2,(H3,10,11,16,17). The predicted molar refractivity (Wildman–Crippen MR) is 57.8 cm³/mol. The maximum absolute atomic E-state index is 11.1. The summed E-state index contributed by atoms with van der Waals surface area (Å²) in [5, 5.41) is 18.3. The summed E-state index contributed by atoms with van der Waals surface area (Å²) in [7, 11) is 0. The van der Waals surface area contributed by atoms with Crippen LogP contribution in [0.25, 0.3) is 0 Å². The Morgan fingerprint density at radius 2 is 2.29 bits per heavy atom. The van der Waals surface area contributed by atoms with E-state index in [-0.39, 0.29) is 13.0 Å². The summed E-state index contributed by atoms with van der Waals surface area (Å²) in [5.74, 6) is -0.454. The number of carbonyl (C=O) groups is 2. The molecule has 0 radical (unpaired) electrons. The lowest BCUT2D eigenvalue weighted by molar-refractivity contribution is -0.120. The summed E-state index contributed by atoms with van der Waals surface area (Å²) in [6.45, 7) is 0.430. The number of aliphatic hydroxyl groups excluding tert-OH is 1. The van der Waals surface area contributed by atoms with Crippen LogP contribution in [-0.2, 0) is 17.8 Å². The van der Waals surface area contributed by atoms with Crippen LogP contribution < -0.4 is 11.1 Å². The zero-order chi connectivity index (χ0) is 12.7. The van der Waals surface area contributed by atoms with Crippen LogP contribution >= 0.6 is 0 Å².